The van der Waals surface area contributed by atoms with Crippen LogP contribution in [-0.4, -0.2) is 89.4 Å². The number of aromatic nitrogens is 3. The van der Waals surface area contributed by atoms with E-state index in [9.17, 15) is 31.9 Å². The number of hydrogen-bond acceptors (Lipinski definition) is 9. The summed E-state index contributed by atoms with van der Waals surface area (Å²) in [5.74, 6) is -3.60. The molecule has 2 aromatic rings. The number of carbonyl (C=O) groups excluding carboxylic acids is 3. The topological polar surface area (TPSA) is 122 Å². The lowest BCUT2D eigenvalue weighted by Gasteiger charge is -2.36. The maximum absolute atomic E-state index is 15.0. The Bertz CT molecular complexity index is 1170. The molecular weight excluding hydrogens is 506 g/mol. The highest BCUT2D eigenvalue weighted by molar-refractivity contribution is 5.90. The van der Waals surface area contributed by atoms with Gasteiger partial charge >= 0.3 is 18.2 Å². The number of piperazine rings is 1. The summed E-state index contributed by atoms with van der Waals surface area (Å²) in [6.07, 6.45) is -4.53. The van der Waals surface area contributed by atoms with Gasteiger partial charge in [-0.25, -0.2) is 18.7 Å². The summed E-state index contributed by atoms with van der Waals surface area (Å²) in [4.78, 5) is 43.3. The highest BCUT2D eigenvalue weighted by atomic mass is 19.4. The van der Waals surface area contributed by atoms with Crippen molar-refractivity contribution in [2.45, 2.75) is 25.7 Å². The van der Waals surface area contributed by atoms with Gasteiger partial charge in [-0.05, 0) is 25.1 Å². The van der Waals surface area contributed by atoms with Gasteiger partial charge in [-0.15, -0.1) is 10.6 Å². The molecule has 4 rings (SSSR count). The molecular formula is C21H23F4N7O5. The van der Waals surface area contributed by atoms with Crippen LogP contribution in [0.25, 0.3) is 0 Å². The maximum Gasteiger partial charge on any atom is 0.492 e. The zero-order chi connectivity index (χ0) is 26.7. The van der Waals surface area contributed by atoms with E-state index in [0.717, 1.165) is 5.69 Å². The summed E-state index contributed by atoms with van der Waals surface area (Å²) in [6, 6.07) is 4.36. The predicted octanol–water partition coefficient (Wildman–Crippen LogP) is 1.01. The van der Waals surface area contributed by atoms with Gasteiger partial charge in [0, 0.05) is 32.4 Å². The molecule has 1 atom stereocenters. The van der Waals surface area contributed by atoms with E-state index in [1.54, 1.807) is 34.2 Å². The zero-order valence-electron chi connectivity index (χ0n) is 19.6. The van der Waals surface area contributed by atoms with E-state index in [4.69, 9.17) is 4.74 Å². The maximum atomic E-state index is 15.0. The molecule has 12 nitrogen and oxygen atoms in total. The van der Waals surface area contributed by atoms with Crippen LogP contribution in [0.4, 0.5) is 33.7 Å². The van der Waals surface area contributed by atoms with Gasteiger partial charge in [0.2, 0.25) is 5.91 Å². The van der Waals surface area contributed by atoms with Gasteiger partial charge in [0.15, 0.2) is 0 Å². The summed E-state index contributed by atoms with van der Waals surface area (Å²) in [7, 11) is 0. The molecule has 2 fully saturated rings. The number of aryl methyl sites for hydroxylation is 1. The van der Waals surface area contributed by atoms with E-state index in [0.29, 0.717) is 12.2 Å². The van der Waals surface area contributed by atoms with E-state index in [2.05, 4.69) is 15.1 Å². The first-order valence-corrected chi connectivity index (χ1v) is 11.2. The van der Waals surface area contributed by atoms with Crippen molar-refractivity contribution in [1.29, 1.82) is 0 Å². The second-order valence-electron chi connectivity index (χ2n) is 8.41. The molecule has 16 heteroatoms. The first-order chi connectivity index (χ1) is 17.5. The third-order valence-electron chi connectivity index (χ3n) is 5.75. The fourth-order valence-corrected chi connectivity index (χ4v) is 3.97. The molecule has 2 aliphatic heterocycles. The highest BCUT2D eigenvalue weighted by Gasteiger charge is 2.41. The number of hydrogen-bond donors (Lipinski definition) is 1. The van der Waals surface area contributed by atoms with Gasteiger partial charge in [-0.2, -0.15) is 13.2 Å². The molecule has 0 radical (unpaired) electrons. The third-order valence-corrected chi connectivity index (χ3v) is 5.75. The standard InChI is InChI=1S/C21H23F4N7O5/c1-13-10-31(28-27-13)11-15-12-32(20(35)36-15)14-2-3-17(16(22)8-14)29-4-6-30(7-5-29)18(33)9-26-37-19(34)21(23,24)25/h2-3,8,10,15,26H,4-7,9,11-12H2,1H3/t15-/m0/s1. The molecule has 0 saturated carbocycles. The minimum absolute atomic E-state index is 0.177. The van der Waals surface area contributed by atoms with Crippen LogP contribution in [0.3, 0.4) is 0 Å². The molecule has 37 heavy (non-hydrogen) atoms. The van der Waals surface area contributed by atoms with Crippen molar-refractivity contribution in [2.24, 2.45) is 0 Å². The van der Waals surface area contributed by atoms with Crippen LogP contribution >= 0.6 is 0 Å². The molecule has 0 aliphatic carbocycles. The molecule has 1 aromatic carbocycles. The summed E-state index contributed by atoms with van der Waals surface area (Å²) in [6.45, 7) is 2.56. The largest absolute Gasteiger partial charge is 0.492 e. The fourth-order valence-electron chi connectivity index (χ4n) is 3.97. The van der Waals surface area contributed by atoms with Gasteiger partial charge in [-0.3, -0.25) is 9.69 Å². The van der Waals surface area contributed by atoms with Gasteiger partial charge < -0.3 is 19.4 Å². The number of cyclic esters (lactones) is 1. The number of amides is 2. The Morgan fingerprint density at radius 2 is 1.95 bits per heavy atom. The minimum Gasteiger partial charge on any atom is -0.442 e. The number of benzene rings is 1. The normalized spacial score (nSPS) is 18.2. The van der Waals surface area contributed by atoms with E-state index < -0.39 is 42.6 Å². The van der Waals surface area contributed by atoms with Crippen molar-refractivity contribution in [3.8, 4) is 0 Å². The quantitative estimate of drug-likeness (QED) is 0.414. The van der Waals surface area contributed by atoms with Crippen LogP contribution in [0.2, 0.25) is 0 Å². The van der Waals surface area contributed by atoms with E-state index in [1.807, 2.05) is 0 Å². The molecule has 3 heterocycles. The molecule has 2 amide bonds. The second kappa shape index (κ2) is 10.6. The van der Waals surface area contributed by atoms with E-state index in [1.165, 1.54) is 21.9 Å². The van der Waals surface area contributed by atoms with Gasteiger partial charge in [0.05, 0.1) is 30.2 Å². The number of anilines is 2. The first kappa shape index (κ1) is 26.1. The molecule has 0 spiro atoms. The van der Waals surface area contributed by atoms with Gasteiger partial charge in [0.25, 0.3) is 0 Å². The summed E-state index contributed by atoms with van der Waals surface area (Å²) in [5.41, 5.74) is 3.04. The lowest BCUT2D eigenvalue weighted by molar-refractivity contribution is -0.207. The Labute approximate surface area is 207 Å². The number of nitrogens with zero attached hydrogens (tertiary/aromatic N) is 6. The Morgan fingerprint density at radius 3 is 2.57 bits per heavy atom. The summed E-state index contributed by atoms with van der Waals surface area (Å²) < 4.78 is 58.3. The predicted molar refractivity (Wildman–Crippen MR) is 118 cm³/mol. The molecule has 0 bridgehead atoms. The SMILES string of the molecule is Cc1cn(C[C@H]2CN(c3ccc(N4CCN(C(=O)CNOC(=O)C(F)(F)F)CC4)c(F)c3)C(=O)O2)nn1. The number of rotatable bonds is 7. The Kier molecular flexibility index (Phi) is 7.47. The van der Waals surface area contributed by atoms with Gasteiger partial charge in [-0.1, -0.05) is 5.21 Å². The molecule has 200 valence electrons. The van der Waals surface area contributed by atoms with Crippen LogP contribution in [-0.2, 0) is 25.7 Å². The fraction of sp³-hybridized carbons (Fsp3) is 0.476. The number of alkyl halides is 3. The average molecular weight is 529 g/mol. The van der Waals surface area contributed by atoms with Crippen LogP contribution < -0.4 is 15.3 Å². The molecule has 2 aliphatic rings. The summed E-state index contributed by atoms with van der Waals surface area (Å²) >= 11 is 0. The Hall–Kier alpha value is -3.95. The van der Waals surface area contributed by atoms with Crippen molar-refractivity contribution in [1.82, 2.24) is 25.4 Å². The van der Waals surface area contributed by atoms with Crippen molar-refractivity contribution in [3.05, 3.63) is 35.9 Å². The average Bonchev–Trinajstić information content (AvgIpc) is 3.42. The van der Waals surface area contributed by atoms with E-state index >= 15 is 0 Å². The van der Waals surface area contributed by atoms with Crippen molar-refractivity contribution >= 4 is 29.3 Å². The lowest BCUT2D eigenvalue weighted by Crippen LogP contribution is -2.51. The molecule has 0 unspecified atom stereocenters. The number of hydroxylamine groups is 1. The monoisotopic (exact) mass is 529 g/mol. The van der Waals surface area contributed by atoms with Crippen molar-refractivity contribution in [2.75, 3.05) is 49.1 Å². The number of carbonyl (C=O) groups is 3. The smallest absolute Gasteiger partial charge is 0.442 e. The number of halogens is 4. The zero-order valence-corrected chi connectivity index (χ0v) is 19.6. The van der Waals surface area contributed by atoms with Crippen molar-refractivity contribution in [3.63, 3.8) is 0 Å². The Balaban J connectivity index is 1.28. The first-order valence-electron chi connectivity index (χ1n) is 11.2. The van der Waals surface area contributed by atoms with Crippen LogP contribution in [0.1, 0.15) is 5.69 Å². The van der Waals surface area contributed by atoms with Crippen LogP contribution in [0.5, 0.6) is 0 Å². The third kappa shape index (κ3) is 6.25. The van der Waals surface area contributed by atoms with Crippen LogP contribution in [0.15, 0.2) is 24.4 Å². The van der Waals surface area contributed by atoms with Crippen LogP contribution in [0, 0.1) is 12.7 Å². The lowest BCUT2D eigenvalue weighted by atomic mass is 10.2. The molecule has 1 N–H and O–H groups in total. The molecule has 1 aromatic heterocycles. The highest BCUT2D eigenvalue weighted by Crippen LogP contribution is 2.29. The summed E-state index contributed by atoms with van der Waals surface area (Å²) in [5, 5.41) is 7.82. The number of ether oxygens (including phenoxy) is 1. The van der Waals surface area contributed by atoms with Gasteiger partial charge in [0.1, 0.15) is 18.5 Å². The second-order valence-corrected chi connectivity index (χ2v) is 8.41. The molecule has 2 saturated heterocycles. The van der Waals surface area contributed by atoms with E-state index in [-0.39, 0.29) is 38.4 Å². The Morgan fingerprint density at radius 1 is 1.22 bits per heavy atom. The number of nitrogens with one attached hydrogen (secondary N) is 1. The minimum atomic E-state index is -5.17. The van der Waals surface area contributed by atoms with Crippen molar-refractivity contribution < 1.29 is 41.5 Å².